The maximum absolute atomic E-state index is 10.6. The highest BCUT2D eigenvalue weighted by atomic mass is 16.2. The molecule has 2 amide bonds. The number of hydrazone groups is 1. The minimum absolute atomic E-state index is 0.343. The number of carbonyl (C=O) groups is 1. The molecule has 0 aromatic carbocycles. The fraction of sp³-hybridized carbons (Fsp3) is 0.818. The highest BCUT2D eigenvalue weighted by Gasteiger charge is 2.56. The third kappa shape index (κ3) is 1.52. The molecule has 0 aromatic rings. The highest BCUT2D eigenvalue weighted by Crippen LogP contribution is 2.59. The zero-order valence-electron chi connectivity index (χ0n) is 9.58. The summed E-state index contributed by atoms with van der Waals surface area (Å²) >= 11 is 0. The van der Waals surface area contributed by atoms with Crippen molar-refractivity contribution in [1.29, 1.82) is 0 Å². The first-order valence-corrected chi connectivity index (χ1v) is 5.55. The number of nitrogens with two attached hydrogens (primary N) is 1. The van der Waals surface area contributed by atoms with Gasteiger partial charge in [-0.25, -0.2) is 10.2 Å². The number of hydrogen-bond donors (Lipinski definition) is 2. The van der Waals surface area contributed by atoms with Crippen molar-refractivity contribution in [2.75, 3.05) is 0 Å². The van der Waals surface area contributed by atoms with E-state index in [1.807, 2.05) is 0 Å². The van der Waals surface area contributed by atoms with Crippen LogP contribution in [0.15, 0.2) is 5.10 Å². The molecular weight excluding hydrogens is 190 g/mol. The Bertz CT molecular complexity index is 322. The van der Waals surface area contributed by atoms with Crippen LogP contribution in [-0.4, -0.2) is 11.7 Å². The Morgan fingerprint density at radius 1 is 1.60 bits per heavy atom. The molecule has 0 unspecified atom stereocenters. The van der Waals surface area contributed by atoms with Gasteiger partial charge in [-0.05, 0) is 30.1 Å². The van der Waals surface area contributed by atoms with Crippen molar-refractivity contribution >= 4 is 11.7 Å². The number of rotatable bonds is 1. The second kappa shape index (κ2) is 3.22. The van der Waals surface area contributed by atoms with E-state index in [0.717, 1.165) is 18.1 Å². The van der Waals surface area contributed by atoms with E-state index in [2.05, 4.69) is 31.3 Å². The number of nitrogens with zero attached hydrogens (tertiary/aromatic N) is 1. The van der Waals surface area contributed by atoms with Crippen LogP contribution in [0.5, 0.6) is 0 Å². The maximum Gasteiger partial charge on any atom is 0.332 e. The summed E-state index contributed by atoms with van der Waals surface area (Å²) in [5.74, 6) is 2.01. The van der Waals surface area contributed by atoms with Crippen LogP contribution in [0.25, 0.3) is 0 Å². The standard InChI is InChI=1S/C11H19N3O/c1-6-4-9(13-14-10(12)15)8-5-7(6)11(8,2)3/h6-8H,4-5H2,1-3H3,(H3,12,14,15)/b13-9-/t6-,7+,8+/m0/s1. The van der Waals surface area contributed by atoms with E-state index in [4.69, 9.17) is 5.73 Å². The van der Waals surface area contributed by atoms with Gasteiger partial charge in [0.05, 0.1) is 0 Å². The fourth-order valence-electron chi connectivity index (χ4n) is 3.36. The molecule has 0 heterocycles. The molecule has 0 spiro atoms. The lowest BCUT2D eigenvalue weighted by Crippen LogP contribution is -2.56. The van der Waals surface area contributed by atoms with Gasteiger partial charge in [-0.2, -0.15) is 5.10 Å². The Labute approximate surface area is 90.3 Å². The van der Waals surface area contributed by atoms with Gasteiger partial charge in [0, 0.05) is 11.6 Å². The van der Waals surface area contributed by atoms with Gasteiger partial charge in [-0.1, -0.05) is 20.8 Å². The topological polar surface area (TPSA) is 67.5 Å². The molecule has 3 saturated carbocycles. The van der Waals surface area contributed by atoms with E-state index in [0.29, 0.717) is 17.3 Å². The van der Waals surface area contributed by atoms with Crippen LogP contribution in [0.1, 0.15) is 33.6 Å². The third-order valence-electron chi connectivity index (χ3n) is 4.27. The van der Waals surface area contributed by atoms with Crippen molar-refractivity contribution in [1.82, 2.24) is 5.43 Å². The van der Waals surface area contributed by atoms with Gasteiger partial charge >= 0.3 is 6.03 Å². The first kappa shape index (κ1) is 10.5. The number of amides is 2. The molecule has 0 aliphatic heterocycles. The lowest BCUT2D eigenvalue weighted by atomic mass is 9.45. The summed E-state index contributed by atoms with van der Waals surface area (Å²) < 4.78 is 0. The minimum Gasteiger partial charge on any atom is -0.350 e. The lowest BCUT2D eigenvalue weighted by Gasteiger charge is -2.59. The quantitative estimate of drug-likeness (QED) is 0.634. The number of nitrogens with one attached hydrogen (secondary N) is 1. The maximum atomic E-state index is 10.6. The molecule has 2 bridgehead atoms. The number of primary amides is 1. The number of carbonyl (C=O) groups excluding carboxylic acids is 1. The molecule has 3 aliphatic carbocycles. The Kier molecular flexibility index (Phi) is 2.24. The van der Waals surface area contributed by atoms with Gasteiger partial charge in [0.1, 0.15) is 0 Å². The monoisotopic (exact) mass is 209 g/mol. The first-order valence-electron chi connectivity index (χ1n) is 5.55. The van der Waals surface area contributed by atoms with Crippen LogP contribution in [0.4, 0.5) is 4.79 Å². The van der Waals surface area contributed by atoms with Gasteiger partial charge in [0.15, 0.2) is 0 Å². The average Bonchev–Trinajstić information content (AvgIpc) is 2.13. The fourth-order valence-corrected chi connectivity index (χ4v) is 3.36. The smallest absolute Gasteiger partial charge is 0.332 e. The summed E-state index contributed by atoms with van der Waals surface area (Å²) in [6, 6.07) is -0.575. The number of hydrogen-bond acceptors (Lipinski definition) is 2. The van der Waals surface area contributed by atoms with Crippen molar-refractivity contribution in [2.24, 2.45) is 34.0 Å². The molecule has 0 aromatic heterocycles. The zero-order valence-corrected chi connectivity index (χ0v) is 9.58. The van der Waals surface area contributed by atoms with Gasteiger partial charge < -0.3 is 5.73 Å². The van der Waals surface area contributed by atoms with Crippen molar-refractivity contribution < 1.29 is 4.79 Å². The van der Waals surface area contributed by atoms with E-state index in [-0.39, 0.29) is 0 Å². The molecule has 3 aliphatic rings. The SMILES string of the molecule is C[C@H]1C/C(=N/NC(N)=O)[C@H]2C[C@H]1C2(C)C. The Balaban J connectivity index is 2.14. The molecular formula is C11H19N3O. The van der Waals surface area contributed by atoms with Crippen LogP contribution in [0, 0.1) is 23.2 Å². The molecule has 0 saturated heterocycles. The average molecular weight is 209 g/mol. The normalized spacial score (nSPS) is 39.7. The van der Waals surface area contributed by atoms with Crippen LogP contribution in [0.2, 0.25) is 0 Å². The van der Waals surface area contributed by atoms with Crippen LogP contribution >= 0.6 is 0 Å². The summed E-state index contributed by atoms with van der Waals surface area (Å²) in [4.78, 5) is 10.6. The van der Waals surface area contributed by atoms with Gasteiger partial charge in [0.25, 0.3) is 0 Å². The minimum atomic E-state index is -0.575. The van der Waals surface area contributed by atoms with Crippen LogP contribution in [-0.2, 0) is 0 Å². The summed E-state index contributed by atoms with van der Waals surface area (Å²) in [6.45, 7) is 6.85. The predicted molar refractivity (Wildman–Crippen MR) is 59.3 cm³/mol. The summed E-state index contributed by atoms with van der Waals surface area (Å²) in [5, 5.41) is 4.14. The lowest BCUT2D eigenvalue weighted by molar-refractivity contribution is -0.0342. The van der Waals surface area contributed by atoms with Gasteiger partial charge in [-0.3, -0.25) is 0 Å². The van der Waals surface area contributed by atoms with E-state index >= 15 is 0 Å². The third-order valence-corrected chi connectivity index (χ3v) is 4.27. The van der Waals surface area contributed by atoms with E-state index in [9.17, 15) is 4.79 Å². The second-order valence-electron chi connectivity index (χ2n) is 5.48. The summed E-state index contributed by atoms with van der Waals surface area (Å²) in [5.41, 5.74) is 8.83. The van der Waals surface area contributed by atoms with Gasteiger partial charge in [-0.15, -0.1) is 0 Å². The van der Waals surface area contributed by atoms with E-state index in [1.54, 1.807) is 0 Å². The van der Waals surface area contributed by atoms with Crippen molar-refractivity contribution in [2.45, 2.75) is 33.6 Å². The van der Waals surface area contributed by atoms with Crippen LogP contribution in [0.3, 0.4) is 0 Å². The molecule has 0 radical (unpaired) electrons. The molecule has 3 fully saturated rings. The van der Waals surface area contributed by atoms with Crippen molar-refractivity contribution in [3.8, 4) is 0 Å². The van der Waals surface area contributed by atoms with E-state index < -0.39 is 6.03 Å². The van der Waals surface area contributed by atoms with Crippen LogP contribution < -0.4 is 11.2 Å². The summed E-state index contributed by atoms with van der Waals surface area (Å²) in [7, 11) is 0. The highest BCUT2D eigenvalue weighted by molar-refractivity contribution is 5.91. The molecule has 84 valence electrons. The zero-order chi connectivity index (χ0) is 11.2. The molecule has 3 N–H and O–H groups in total. The second-order valence-corrected chi connectivity index (χ2v) is 5.48. The summed E-state index contributed by atoms with van der Waals surface area (Å²) in [6.07, 6.45) is 2.21. The van der Waals surface area contributed by atoms with Crippen molar-refractivity contribution in [3.63, 3.8) is 0 Å². The molecule has 3 atom stereocenters. The first-order chi connectivity index (χ1) is 6.93. The van der Waals surface area contributed by atoms with Gasteiger partial charge in [0.2, 0.25) is 0 Å². The number of fused-ring (bicyclic) bond motifs is 2. The molecule has 4 heteroatoms. The molecule has 3 rings (SSSR count). The Morgan fingerprint density at radius 3 is 2.73 bits per heavy atom. The molecule has 15 heavy (non-hydrogen) atoms. The predicted octanol–water partition coefficient (Wildman–Crippen LogP) is 1.71. The van der Waals surface area contributed by atoms with Crippen molar-refractivity contribution in [3.05, 3.63) is 0 Å². The Morgan fingerprint density at radius 2 is 2.27 bits per heavy atom. The number of urea groups is 1. The van der Waals surface area contributed by atoms with E-state index in [1.165, 1.54) is 6.42 Å². The Hall–Kier alpha value is -1.06. The molecule has 4 nitrogen and oxygen atoms in total. The largest absolute Gasteiger partial charge is 0.350 e.